The standard InChI is InChI=1S/C9H12F2N2/c1-6(12)2-3-7-8(10)4-13-5-9(7)11/h4-6H,2-3,12H2,1H3. The van der Waals surface area contributed by atoms with E-state index in [1.165, 1.54) is 0 Å². The van der Waals surface area contributed by atoms with Crippen LogP contribution in [-0.2, 0) is 6.42 Å². The average Bonchev–Trinajstić information content (AvgIpc) is 2.03. The largest absolute Gasteiger partial charge is 0.328 e. The Balaban J connectivity index is 2.75. The quantitative estimate of drug-likeness (QED) is 0.779. The first-order valence-electron chi connectivity index (χ1n) is 4.14. The summed E-state index contributed by atoms with van der Waals surface area (Å²) < 4.78 is 25.9. The number of pyridine rings is 1. The molecule has 1 aromatic rings. The van der Waals surface area contributed by atoms with Crippen molar-refractivity contribution in [2.24, 2.45) is 5.73 Å². The highest BCUT2D eigenvalue weighted by Gasteiger charge is 2.09. The molecule has 2 N–H and O–H groups in total. The van der Waals surface area contributed by atoms with Crippen LogP contribution in [0.3, 0.4) is 0 Å². The van der Waals surface area contributed by atoms with Crippen molar-refractivity contribution in [1.82, 2.24) is 4.98 Å². The molecule has 2 nitrogen and oxygen atoms in total. The van der Waals surface area contributed by atoms with Crippen LogP contribution >= 0.6 is 0 Å². The predicted molar refractivity (Wildman–Crippen MR) is 46.1 cm³/mol. The molecule has 0 aromatic carbocycles. The van der Waals surface area contributed by atoms with Gasteiger partial charge in [-0.15, -0.1) is 0 Å². The van der Waals surface area contributed by atoms with Crippen molar-refractivity contribution in [2.75, 3.05) is 0 Å². The molecule has 1 rings (SSSR count). The number of hydrogen-bond donors (Lipinski definition) is 1. The fourth-order valence-electron chi connectivity index (χ4n) is 1.05. The molecule has 0 bridgehead atoms. The van der Waals surface area contributed by atoms with Crippen LogP contribution in [0.4, 0.5) is 8.78 Å². The summed E-state index contributed by atoms with van der Waals surface area (Å²) in [5.41, 5.74) is 5.56. The van der Waals surface area contributed by atoms with E-state index in [2.05, 4.69) is 4.98 Å². The monoisotopic (exact) mass is 186 g/mol. The van der Waals surface area contributed by atoms with E-state index in [4.69, 9.17) is 5.73 Å². The highest BCUT2D eigenvalue weighted by atomic mass is 19.1. The van der Waals surface area contributed by atoms with Gasteiger partial charge in [-0.25, -0.2) is 8.78 Å². The van der Waals surface area contributed by atoms with Gasteiger partial charge < -0.3 is 5.73 Å². The Hall–Kier alpha value is -1.03. The summed E-state index contributed by atoms with van der Waals surface area (Å²) >= 11 is 0. The fourth-order valence-corrected chi connectivity index (χ4v) is 1.05. The molecule has 0 spiro atoms. The van der Waals surface area contributed by atoms with Crippen LogP contribution in [-0.4, -0.2) is 11.0 Å². The molecule has 0 saturated heterocycles. The second kappa shape index (κ2) is 4.28. The average molecular weight is 186 g/mol. The molecule has 1 heterocycles. The Kier molecular flexibility index (Phi) is 3.31. The molecule has 72 valence electrons. The van der Waals surface area contributed by atoms with E-state index >= 15 is 0 Å². The predicted octanol–water partition coefficient (Wildman–Crippen LogP) is 1.64. The van der Waals surface area contributed by atoms with Gasteiger partial charge in [-0.3, -0.25) is 4.98 Å². The lowest BCUT2D eigenvalue weighted by Crippen LogP contribution is -2.16. The second-order valence-corrected chi connectivity index (χ2v) is 3.10. The van der Waals surface area contributed by atoms with Gasteiger partial charge in [0.25, 0.3) is 0 Å². The van der Waals surface area contributed by atoms with Gasteiger partial charge in [0.1, 0.15) is 11.6 Å². The van der Waals surface area contributed by atoms with Crippen LogP contribution in [0.1, 0.15) is 18.9 Å². The number of hydrogen-bond acceptors (Lipinski definition) is 2. The van der Waals surface area contributed by atoms with Crippen molar-refractivity contribution < 1.29 is 8.78 Å². The first kappa shape index (κ1) is 10.1. The molecule has 0 amide bonds. The lowest BCUT2D eigenvalue weighted by atomic mass is 10.1. The smallest absolute Gasteiger partial charge is 0.147 e. The van der Waals surface area contributed by atoms with E-state index < -0.39 is 11.6 Å². The Bertz CT molecular complexity index is 267. The summed E-state index contributed by atoms with van der Waals surface area (Å²) in [7, 11) is 0. The van der Waals surface area contributed by atoms with E-state index in [1.54, 1.807) is 6.92 Å². The molecule has 0 aliphatic rings. The van der Waals surface area contributed by atoms with Gasteiger partial charge in [0.05, 0.1) is 12.4 Å². The van der Waals surface area contributed by atoms with Crippen molar-refractivity contribution in [3.05, 3.63) is 29.6 Å². The molecule has 0 saturated carbocycles. The molecule has 1 unspecified atom stereocenters. The topological polar surface area (TPSA) is 38.9 Å². The maximum Gasteiger partial charge on any atom is 0.147 e. The van der Waals surface area contributed by atoms with Crippen LogP contribution in [0, 0.1) is 11.6 Å². The van der Waals surface area contributed by atoms with E-state index in [-0.39, 0.29) is 11.6 Å². The van der Waals surface area contributed by atoms with Gasteiger partial charge in [-0.1, -0.05) is 0 Å². The van der Waals surface area contributed by atoms with E-state index in [9.17, 15) is 8.78 Å². The van der Waals surface area contributed by atoms with E-state index in [0.717, 1.165) is 12.4 Å². The molecule has 0 aliphatic heterocycles. The summed E-state index contributed by atoms with van der Waals surface area (Å²) in [6.07, 6.45) is 2.91. The van der Waals surface area contributed by atoms with Crippen LogP contribution in [0.5, 0.6) is 0 Å². The Morgan fingerprint density at radius 1 is 1.38 bits per heavy atom. The molecular formula is C9H12F2N2. The van der Waals surface area contributed by atoms with Crippen LogP contribution in [0.15, 0.2) is 12.4 Å². The van der Waals surface area contributed by atoms with Gasteiger partial charge >= 0.3 is 0 Å². The molecular weight excluding hydrogens is 174 g/mol. The lowest BCUT2D eigenvalue weighted by molar-refractivity contribution is 0.532. The molecule has 1 aromatic heterocycles. The van der Waals surface area contributed by atoms with Gasteiger partial charge in [-0.05, 0) is 19.8 Å². The zero-order valence-electron chi connectivity index (χ0n) is 7.43. The fraction of sp³-hybridized carbons (Fsp3) is 0.444. The third-order valence-electron chi connectivity index (χ3n) is 1.80. The molecule has 4 heteroatoms. The number of aromatic nitrogens is 1. The first-order valence-corrected chi connectivity index (χ1v) is 4.14. The van der Waals surface area contributed by atoms with Gasteiger partial charge in [0.2, 0.25) is 0 Å². The van der Waals surface area contributed by atoms with Crippen LogP contribution < -0.4 is 5.73 Å². The molecule has 0 fully saturated rings. The molecule has 0 radical (unpaired) electrons. The third-order valence-corrected chi connectivity index (χ3v) is 1.80. The maximum absolute atomic E-state index is 13.0. The highest BCUT2D eigenvalue weighted by molar-refractivity contribution is 5.15. The summed E-state index contributed by atoms with van der Waals surface area (Å²) in [6.45, 7) is 1.80. The molecule has 0 aliphatic carbocycles. The number of nitrogens with zero attached hydrogens (tertiary/aromatic N) is 1. The normalized spacial score (nSPS) is 12.9. The lowest BCUT2D eigenvalue weighted by Gasteiger charge is -2.06. The number of nitrogens with two attached hydrogens (primary N) is 1. The van der Waals surface area contributed by atoms with E-state index in [1.807, 2.05) is 0 Å². The van der Waals surface area contributed by atoms with Crippen molar-refractivity contribution in [3.8, 4) is 0 Å². The SMILES string of the molecule is CC(N)CCc1c(F)cncc1F. The molecule has 1 atom stereocenters. The summed E-state index contributed by atoms with van der Waals surface area (Å²) in [6, 6.07) is -0.0491. The van der Waals surface area contributed by atoms with Gasteiger partial charge in [0.15, 0.2) is 0 Å². The second-order valence-electron chi connectivity index (χ2n) is 3.10. The minimum Gasteiger partial charge on any atom is -0.328 e. The van der Waals surface area contributed by atoms with Crippen LogP contribution in [0.2, 0.25) is 0 Å². The Morgan fingerprint density at radius 2 is 1.92 bits per heavy atom. The minimum atomic E-state index is -0.597. The number of halogens is 2. The zero-order valence-corrected chi connectivity index (χ0v) is 7.43. The summed E-state index contributed by atoms with van der Waals surface area (Å²) in [5.74, 6) is -1.19. The zero-order chi connectivity index (χ0) is 9.84. The summed E-state index contributed by atoms with van der Waals surface area (Å²) in [4.78, 5) is 3.39. The third kappa shape index (κ3) is 2.73. The summed E-state index contributed by atoms with van der Waals surface area (Å²) in [5, 5.41) is 0. The van der Waals surface area contributed by atoms with Crippen molar-refractivity contribution in [1.29, 1.82) is 0 Å². The Labute approximate surface area is 75.8 Å². The molecule has 13 heavy (non-hydrogen) atoms. The van der Waals surface area contributed by atoms with Crippen LogP contribution in [0.25, 0.3) is 0 Å². The minimum absolute atomic E-state index is 0.0491. The first-order chi connectivity index (χ1) is 6.11. The number of rotatable bonds is 3. The maximum atomic E-state index is 13.0. The van der Waals surface area contributed by atoms with E-state index in [0.29, 0.717) is 12.8 Å². The van der Waals surface area contributed by atoms with Gasteiger partial charge in [-0.2, -0.15) is 0 Å². The van der Waals surface area contributed by atoms with Gasteiger partial charge in [0, 0.05) is 11.6 Å². The van der Waals surface area contributed by atoms with Crippen molar-refractivity contribution in [3.63, 3.8) is 0 Å². The highest BCUT2D eigenvalue weighted by Crippen LogP contribution is 2.12. The Morgan fingerprint density at radius 3 is 2.38 bits per heavy atom. The van der Waals surface area contributed by atoms with Crippen molar-refractivity contribution in [2.45, 2.75) is 25.8 Å². The van der Waals surface area contributed by atoms with Crippen molar-refractivity contribution >= 4 is 0 Å².